The molecule has 0 fully saturated rings. The molecule has 0 aromatic heterocycles. The molecule has 0 saturated carbocycles. The van der Waals surface area contributed by atoms with Crippen LogP contribution >= 0.6 is 0 Å². The molecule has 0 saturated heterocycles. The number of hydrogen-bond acceptors (Lipinski definition) is 2. The first-order valence-electron chi connectivity index (χ1n) is 12.4. The van der Waals surface area contributed by atoms with Gasteiger partial charge in [-0.05, 0) is 75.5 Å². The van der Waals surface area contributed by atoms with Gasteiger partial charge in [0.2, 0.25) is 0 Å². The minimum Gasteiger partial charge on any atom is -0.489 e. The lowest BCUT2D eigenvalue weighted by Crippen LogP contribution is -2.10. The Labute approximate surface area is 216 Å². The van der Waals surface area contributed by atoms with E-state index in [1.807, 2.05) is 30.3 Å². The normalized spacial score (nSPS) is 11.7. The molecule has 192 valence electrons. The Balaban J connectivity index is 1.86. The summed E-state index contributed by atoms with van der Waals surface area (Å²) in [5.41, 5.74) is 6.03. The lowest BCUT2D eigenvalue weighted by molar-refractivity contribution is 0.0174. The fourth-order valence-corrected chi connectivity index (χ4v) is 4.63. The van der Waals surface area contributed by atoms with Gasteiger partial charge in [0.25, 0.3) is 5.92 Å². The van der Waals surface area contributed by atoms with Crippen molar-refractivity contribution in [3.63, 3.8) is 0 Å². The number of ether oxygens (including phenoxy) is 1. The van der Waals surface area contributed by atoms with Crippen LogP contribution < -0.4 is 4.74 Å². The van der Waals surface area contributed by atoms with Crippen LogP contribution in [0.5, 0.6) is 5.75 Å². The molecule has 0 amide bonds. The second-order valence-electron chi connectivity index (χ2n) is 9.64. The van der Waals surface area contributed by atoms with E-state index in [0.29, 0.717) is 12.0 Å². The molecule has 0 aliphatic heterocycles. The number of benzene rings is 4. The second-order valence-corrected chi connectivity index (χ2v) is 9.64. The van der Waals surface area contributed by atoms with Gasteiger partial charge < -0.3 is 9.84 Å². The molecule has 2 nitrogen and oxygen atoms in total. The zero-order chi connectivity index (χ0) is 26.6. The number of para-hydroxylation sites is 1. The molecule has 5 heteroatoms. The average Bonchev–Trinajstić information content (AvgIpc) is 2.88. The minimum atomic E-state index is -2.91. The van der Waals surface area contributed by atoms with Gasteiger partial charge >= 0.3 is 0 Å². The van der Waals surface area contributed by atoms with Gasteiger partial charge in [-0.25, -0.2) is 13.2 Å². The molecule has 0 aliphatic rings. The van der Waals surface area contributed by atoms with E-state index < -0.39 is 5.92 Å². The number of alkyl halides is 2. The van der Waals surface area contributed by atoms with Crippen molar-refractivity contribution in [3.8, 4) is 16.9 Å². The van der Waals surface area contributed by atoms with Crippen molar-refractivity contribution in [3.05, 3.63) is 124 Å². The molecule has 4 aromatic rings. The van der Waals surface area contributed by atoms with E-state index in [2.05, 4.69) is 19.9 Å². The highest BCUT2D eigenvalue weighted by atomic mass is 19.3. The van der Waals surface area contributed by atoms with Crippen molar-refractivity contribution < 1.29 is 23.0 Å². The highest BCUT2D eigenvalue weighted by Gasteiger charge is 2.25. The molecular weight excluding hydrogens is 473 g/mol. The van der Waals surface area contributed by atoms with Crippen molar-refractivity contribution in [1.82, 2.24) is 0 Å². The van der Waals surface area contributed by atoms with Crippen LogP contribution in [-0.4, -0.2) is 5.11 Å². The number of hydrogen-bond donors (Lipinski definition) is 1. The van der Waals surface area contributed by atoms with E-state index >= 15 is 0 Å². The average molecular weight is 505 g/mol. The molecule has 0 unspecified atom stereocenters. The van der Waals surface area contributed by atoms with Crippen LogP contribution in [0.4, 0.5) is 13.2 Å². The molecule has 4 aromatic carbocycles. The first-order chi connectivity index (χ1) is 17.7. The second kappa shape index (κ2) is 11.2. The van der Waals surface area contributed by atoms with Crippen molar-refractivity contribution >= 4 is 0 Å². The Hall–Kier alpha value is -3.57. The summed E-state index contributed by atoms with van der Waals surface area (Å²) in [5.74, 6) is -2.40. The maximum absolute atomic E-state index is 13.8. The molecule has 0 aliphatic carbocycles. The Morgan fingerprint density at radius 2 is 1.51 bits per heavy atom. The number of aliphatic hydroxyl groups excluding tert-OH is 1. The summed E-state index contributed by atoms with van der Waals surface area (Å²) in [5, 5.41) is 10.5. The summed E-state index contributed by atoms with van der Waals surface area (Å²) in [7, 11) is 0. The zero-order valence-corrected chi connectivity index (χ0v) is 21.3. The summed E-state index contributed by atoms with van der Waals surface area (Å²) < 4.78 is 47.4. The van der Waals surface area contributed by atoms with E-state index in [0.717, 1.165) is 46.1 Å². The molecule has 4 rings (SSSR count). The lowest BCUT2D eigenvalue weighted by Gasteiger charge is -2.24. The van der Waals surface area contributed by atoms with Gasteiger partial charge in [-0.3, -0.25) is 0 Å². The lowest BCUT2D eigenvalue weighted by atomic mass is 9.82. The maximum atomic E-state index is 13.8. The summed E-state index contributed by atoms with van der Waals surface area (Å²) >= 11 is 0. The number of halogens is 3. The van der Waals surface area contributed by atoms with E-state index in [1.54, 1.807) is 24.3 Å². The summed E-state index contributed by atoms with van der Waals surface area (Å²) in [6.45, 7) is 5.10. The van der Waals surface area contributed by atoms with Gasteiger partial charge in [0.1, 0.15) is 18.2 Å². The monoisotopic (exact) mass is 504 g/mol. The molecule has 0 atom stereocenters. The molecule has 1 N–H and O–H groups in total. The van der Waals surface area contributed by atoms with Crippen LogP contribution in [0.1, 0.15) is 60.1 Å². The third-order valence-corrected chi connectivity index (χ3v) is 6.56. The fraction of sp³-hybridized carbons (Fsp3) is 0.250. The van der Waals surface area contributed by atoms with Gasteiger partial charge in [-0.2, -0.15) is 0 Å². The van der Waals surface area contributed by atoms with E-state index in [4.69, 9.17) is 4.74 Å². The minimum absolute atomic E-state index is 0.0384. The SMILES string of the molecule is CC(C)c1cc(COc2ccccc2)c(CO)c(-c2ccc(F)cc2)c1Cc1ccc(C(C)(F)F)cc1. The van der Waals surface area contributed by atoms with Gasteiger partial charge in [-0.1, -0.05) is 74.5 Å². The van der Waals surface area contributed by atoms with Gasteiger partial charge in [0.15, 0.2) is 0 Å². The smallest absolute Gasteiger partial charge is 0.270 e. The maximum Gasteiger partial charge on any atom is 0.270 e. The highest BCUT2D eigenvalue weighted by Crippen LogP contribution is 2.38. The van der Waals surface area contributed by atoms with Crippen molar-refractivity contribution in [2.45, 2.75) is 52.2 Å². The van der Waals surface area contributed by atoms with E-state index in [1.165, 1.54) is 24.3 Å². The van der Waals surface area contributed by atoms with Gasteiger partial charge in [-0.15, -0.1) is 0 Å². The van der Waals surface area contributed by atoms with Crippen molar-refractivity contribution in [1.29, 1.82) is 0 Å². The van der Waals surface area contributed by atoms with Crippen LogP contribution in [0.25, 0.3) is 11.1 Å². The van der Waals surface area contributed by atoms with Crippen molar-refractivity contribution in [2.24, 2.45) is 0 Å². The third kappa shape index (κ3) is 6.23. The predicted molar refractivity (Wildman–Crippen MR) is 141 cm³/mol. The Morgan fingerprint density at radius 1 is 0.865 bits per heavy atom. The standard InChI is InChI=1S/C32H31F3O2/c1-21(2)28-18-24(20-37-27-7-5-4-6-8-27)30(19-36)31(23-11-15-26(33)16-12-23)29(28)17-22-9-13-25(14-10-22)32(3,34)35/h4-16,18,21,36H,17,19-20H2,1-3H3. The van der Waals surface area contributed by atoms with Crippen LogP contribution in [0.3, 0.4) is 0 Å². The summed E-state index contributed by atoms with van der Waals surface area (Å²) in [4.78, 5) is 0. The summed E-state index contributed by atoms with van der Waals surface area (Å²) in [6, 6.07) is 24.1. The first-order valence-corrected chi connectivity index (χ1v) is 12.4. The predicted octanol–water partition coefficient (Wildman–Crippen LogP) is 8.39. The van der Waals surface area contributed by atoms with Crippen LogP contribution in [-0.2, 0) is 25.6 Å². The number of rotatable bonds is 9. The molecule has 37 heavy (non-hydrogen) atoms. The van der Waals surface area contributed by atoms with Gasteiger partial charge in [0, 0.05) is 12.5 Å². The van der Waals surface area contributed by atoms with Crippen LogP contribution in [0, 0.1) is 5.82 Å². The zero-order valence-electron chi connectivity index (χ0n) is 21.3. The molecule has 0 bridgehead atoms. The first kappa shape index (κ1) is 26.5. The van der Waals surface area contributed by atoms with Crippen LogP contribution in [0.15, 0.2) is 84.9 Å². The van der Waals surface area contributed by atoms with Crippen molar-refractivity contribution in [2.75, 3.05) is 0 Å². The Morgan fingerprint density at radius 3 is 2.08 bits per heavy atom. The molecular formula is C32H31F3O2. The fourth-order valence-electron chi connectivity index (χ4n) is 4.63. The largest absolute Gasteiger partial charge is 0.489 e. The van der Waals surface area contributed by atoms with E-state index in [9.17, 15) is 18.3 Å². The molecule has 0 spiro atoms. The number of aliphatic hydroxyl groups is 1. The summed E-state index contributed by atoms with van der Waals surface area (Å²) in [6.07, 6.45) is 0.475. The third-order valence-electron chi connectivity index (χ3n) is 6.56. The quantitative estimate of drug-likeness (QED) is 0.248. The molecule has 0 heterocycles. The van der Waals surface area contributed by atoms with Gasteiger partial charge in [0.05, 0.1) is 6.61 Å². The topological polar surface area (TPSA) is 29.5 Å². The Kier molecular flexibility index (Phi) is 8.03. The highest BCUT2D eigenvalue weighted by molar-refractivity contribution is 5.75. The Bertz CT molecular complexity index is 1320. The van der Waals surface area contributed by atoms with E-state index in [-0.39, 0.29) is 30.5 Å². The molecule has 0 radical (unpaired) electrons. The van der Waals surface area contributed by atoms with Crippen LogP contribution in [0.2, 0.25) is 0 Å².